The molecular weight excluding hydrogens is 507 g/mol. The van der Waals surface area contributed by atoms with E-state index < -0.39 is 0 Å². The van der Waals surface area contributed by atoms with Crippen LogP contribution in [0.2, 0.25) is 5.02 Å². The van der Waals surface area contributed by atoms with Crippen molar-refractivity contribution < 1.29 is 14.6 Å². The molecule has 0 atom stereocenters. The maximum absolute atomic E-state index is 12.0. The zero-order chi connectivity index (χ0) is 20.4. The summed E-state index contributed by atoms with van der Waals surface area (Å²) < 4.78 is 5.15. The van der Waals surface area contributed by atoms with E-state index in [4.69, 9.17) is 16.3 Å². The monoisotopic (exact) mass is 532 g/mol. The Kier molecular flexibility index (Phi) is 11.2. The van der Waals surface area contributed by atoms with Crippen molar-refractivity contribution in [3.8, 4) is 11.5 Å². The lowest BCUT2D eigenvalue weighted by Crippen LogP contribution is -2.39. The van der Waals surface area contributed by atoms with E-state index >= 15 is 0 Å². The number of guanidine groups is 1. The Hall–Kier alpha value is -2.20. The van der Waals surface area contributed by atoms with Gasteiger partial charge in [0.15, 0.2) is 5.96 Å². The SMILES string of the molecule is CCNC(=NCC(=O)Nc1ccc(O)cc1)NCCc1ccc(OC)cc1Cl.I. The molecule has 0 unspecified atom stereocenters. The number of aliphatic imine (C=N–C) groups is 1. The fourth-order valence-corrected chi connectivity index (χ4v) is 2.68. The average Bonchev–Trinajstić information content (AvgIpc) is 2.69. The number of hydrogen-bond donors (Lipinski definition) is 4. The molecule has 2 aromatic rings. The topological polar surface area (TPSA) is 95.0 Å². The first-order chi connectivity index (χ1) is 13.5. The number of halogens is 2. The first-order valence-corrected chi connectivity index (χ1v) is 9.33. The molecule has 0 saturated heterocycles. The number of hydrogen-bond acceptors (Lipinski definition) is 4. The number of carbonyl (C=O) groups is 1. The van der Waals surface area contributed by atoms with E-state index in [9.17, 15) is 9.90 Å². The Labute approximate surface area is 192 Å². The molecule has 0 aliphatic heterocycles. The average molecular weight is 533 g/mol. The molecule has 9 heteroatoms. The van der Waals surface area contributed by atoms with Gasteiger partial charge in [-0.1, -0.05) is 17.7 Å². The number of anilines is 1. The molecule has 0 aliphatic rings. The van der Waals surface area contributed by atoms with Crippen LogP contribution >= 0.6 is 35.6 Å². The maximum Gasteiger partial charge on any atom is 0.246 e. The summed E-state index contributed by atoms with van der Waals surface area (Å²) in [6.45, 7) is 3.21. The molecule has 158 valence electrons. The van der Waals surface area contributed by atoms with Crippen molar-refractivity contribution in [2.75, 3.05) is 32.1 Å². The summed E-state index contributed by atoms with van der Waals surface area (Å²) in [5, 5.41) is 18.9. The quantitative estimate of drug-likeness (QED) is 0.181. The van der Waals surface area contributed by atoms with E-state index in [0.717, 1.165) is 11.3 Å². The van der Waals surface area contributed by atoms with Gasteiger partial charge in [-0.25, -0.2) is 4.99 Å². The van der Waals surface area contributed by atoms with E-state index in [2.05, 4.69) is 20.9 Å². The molecule has 0 aliphatic carbocycles. The first kappa shape index (κ1) is 24.8. The maximum atomic E-state index is 12.0. The molecule has 0 saturated carbocycles. The molecular formula is C20H26ClIN4O3. The Morgan fingerprint density at radius 3 is 2.52 bits per heavy atom. The van der Waals surface area contributed by atoms with Gasteiger partial charge in [-0.15, -0.1) is 24.0 Å². The fraction of sp³-hybridized carbons (Fsp3) is 0.300. The number of phenolic OH excluding ortho intramolecular Hbond substituents is 1. The molecule has 2 rings (SSSR count). The third-order valence-corrected chi connectivity index (χ3v) is 4.17. The van der Waals surface area contributed by atoms with E-state index in [-0.39, 0.29) is 42.2 Å². The predicted octanol–water partition coefficient (Wildman–Crippen LogP) is 3.41. The van der Waals surface area contributed by atoms with Crippen molar-refractivity contribution in [3.05, 3.63) is 53.1 Å². The number of phenols is 1. The van der Waals surface area contributed by atoms with Crippen LogP contribution in [0.25, 0.3) is 0 Å². The molecule has 0 heterocycles. The van der Waals surface area contributed by atoms with Crippen molar-refractivity contribution in [2.24, 2.45) is 4.99 Å². The summed E-state index contributed by atoms with van der Waals surface area (Å²) >= 11 is 6.25. The number of aromatic hydroxyl groups is 1. The van der Waals surface area contributed by atoms with Gasteiger partial charge in [0.25, 0.3) is 0 Å². The molecule has 1 amide bonds. The van der Waals surface area contributed by atoms with Crippen molar-refractivity contribution in [2.45, 2.75) is 13.3 Å². The second-order valence-corrected chi connectivity index (χ2v) is 6.33. The molecule has 0 aromatic heterocycles. The Balaban J connectivity index is 0.00000420. The zero-order valence-corrected chi connectivity index (χ0v) is 19.5. The molecule has 0 radical (unpaired) electrons. The molecule has 0 spiro atoms. The number of ether oxygens (including phenoxy) is 1. The molecule has 4 N–H and O–H groups in total. The highest BCUT2D eigenvalue weighted by atomic mass is 127. The summed E-state index contributed by atoms with van der Waals surface area (Å²) in [5.41, 5.74) is 1.60. The molecule has 0 bridgehead atoms. The van der Waals surface area contributed by atoms with Gasteiger partial charge in [-0.05, 0) is 55.3 Å². The predicted molar refractivity (Wildman–Crippen MR) is 128 cm³/mol. The number of methoxy groups -OCH3 is 1. The first-order valence-electron chi connectivity index (χ1n) is 8.95. The van der Waals surface area contributed by atoms with E-state index in [1.165, 1.54) is 12.1 Å². The fourth-order valence-electron chi connectivity index (χ4n) is 2.41. The van der Waals surface area contributed by atoms with Gasteiger partial charge >= 0.3 is 0 Å². The zero-order valence-electron chi connectivity index (χ0n) is 16.4. The van der Waals surface area contributed by atoms with Gasteiger partial charge in [0.05, 0.1) is 7.11 Å². The summed E-state index contributed by atoms with van der Waals surface area (Å²) in [6, 6.07) is 11.8. The highest BCUT2D eigenvalue weighted by Gasteiger charge is 2.05. The van der Waals surface area contributed by atoms with Gasteiger partial charge in [-0.3, -0.25) is 4.79 Å². The van der Waals surface area contributed by atoms with Crippen molar-refractivity contribution >= 4 is 53.1 Å². The number of nitrogens with zero attached hydrogens (tertiary/aromatic N) is 1. The molecule has 7 nitrogen and oxygen atoms in total. The van der Waals surface area contributed by atoms with E-state index in [1.807, 2.05) is 19.1 Å². The smallest absolute Gasteiger partial charge is 0.246 e. The van der Waals surface area contributed by atoms with Crippen LogP contribution in [0, 0.1) is 0 Å². The lowest BCUT2D eigenvalue weighted by molar-refractivity contribution is -0.114. The van der Waals surface area contributed by atoms with Crippen LogP contribution in [0.15, 0.2) is 47.5 Å². The van der Waals surface area contributed by atoms with Crippen LogP contribution in [0.1, 0.15) is 12.5 Å². The number of benzene rings is 2. The largest absolute Gasteiger partial charge is 0.508 e. The minimum Gasteiger partial charge on any atom is -0.508 e. The minimum absolute atomic E-state index is 0. The summed E-state index contributed by atoms with van der Waals surface area (Å²) in [5.74, 6) is 1.16. The van der Waals surface area contributed by atoms with Gasteiger partial charge in [0.1, 0.15) is 18.0 Å². The van der Waals surface area contributed by atoms with Crippen LogP contribution < -0.4 is 20.7 Å². The molecule has 0 fully saturated rings. The summed E-state index contributed by atoms with van der Waals surface area (Å²) in [6.07, 6.45) is 0.701. The molecule has 29 heavy (non-hydrogen) atoms. The second-order valence-electron chi connectivity index (χ2n) is 5.92. The Bertz CT molecular complexity index is 816. The van der Waals surface area contributed by atoms with Crippen molar-refractivity contribution in [1.29, 1.82) is 0 Å². The lowest BCUT2D eigenvalue weighted by Gasteiger charge is -2.12. The highest BCUT2D eigenvalue weighted by Crippen LogP contribution is 2.22. The third-order valence-electron chi connectivity index (χ3n) is 3.82. The van der Waals surface area contributed by atoms with E-state index in [1.54, 1.807) is 25.3 Å². The van der Waals surface area contributed by atoms with Crippen molar-refractivity contribution in [1.82, 2.24) is 10.6 Å². The third kappa shape index (κ3) is 8.78. The lowest BCUT2D eigenvalue weighted by atomic mass is 10.1. The normalized spacial score (nSPS) is 10.7. The highest BCUT2D eigenvalue weighted by molar-refractivity contribution is 14.0. The number of rotatable bonds is 8. The van der Waals surface area contributed by atoms with Crippen LogP contribution in [0.5, 0.6) is 11.5 Å². The van der Waals surface area contributed by atoms with Crippen LogP contribution in [-0.2, 0) is 11.2 Å². The second kappa shape index (κ2) is 13.1. The van der Waals surface area contributed by atoms with Gasteiger partial charge in [-0.2, -0.15) is 0 Å². The van der Waals surface area contributed by atoms with Gasteiger partial charge in [0, 0.05) is 23.8 Å². The van der Waals surface area contributed by atoms with E-state index in [0.29, 0.717) is 36.2 Å². The summed E-state index contributed by atoms with van der Waals surface area (Å²) in [7, 11) is 1.60. The van der Waals surface area contributed by atoms with Crippen LogP contribution in [0.3, 0.4) is 0 Å². The minimum atomic E-state index is -0.249. The molecule has 2 aromatic carbocycles. The Morgan fingerprint density at radius 1 is 1.17 bits per heavy atom. The van der Waals surface area contributed by atoms with Crippen molar-refractivity contribution in [3.63, 3.8) is 0 Å². The Morgan fingerprint density at radius 2 is 1.90 bits per heavy atom. The van der Waals surface area contributed by atoms with Gasteiger partial charge < -0.3 is 25.8 Å². The standard InChI is InChI=1S/C20H25ClN4O3.HI/c1-3-22-20(23-11-10-14-4-9-17(28-2)12-18(14)21)24-13-19(27)25-15-5-7-16(26)8-6-15;/h4-9,12,26H,3,10-11,13H2,1-2H3,(H,25,27)(H2,22,23,24);1H. The van der Waals surface area contributed by atoms with Crippen LogP contribution in [-0.4, -0.2) is 43.7 Å². The number of carbonyl (C=O) groups excluding carboxylic acids is 1. The summed E-state index contributed by atoms with van der Waals surface area (Å²) in [4.78, 5) is 16.3. The number of nitrogens with one attached hydrogen (secondary N) is 3. The van der Waals surface area contributed by atoms with Crippen LogP contribution in [0.4, 0.5) is 5.69 Å². The van der Waals surface area contributed by atoms with Gasteiger partial charge in [0.2, 0.25) is 5.91 Å². The number of amides is 1.